The Kier molecular flexibility index (Phi) is 3.51. The largest absolute Gasteiger partial charge is 0.465 e. The molecule has 0 amide bonds. The van der Waals surface area contributed by atoms with Gasteiger partial charge in [0.1, 0.15) is 5.69 Å². The average Bonchev–Trinajstić information content (AvgIpc) is 2.27. The van der Waals surface area contributed by atoms with Crippen molar-refractivity contribution in [2.24, 2.45) is 5.18 Å². The molecule has 5 nitrogen and oxygen atoms in total. The third-order valence-corrected chi connectivity index (χ3v) is 1.89. The number of carbonyl (C=O) groups excluding carboxylic acids is 2. The van der Waals surface area contributed by atoms with Gasteiger partial charge in [-0.1, -0.05) is 0 Å². The minimum absolute atomic E-state index is 0.0224. The molecule has 0 unspecified atom stereocenters. The number of halogens is 1. The summed E-state index contributed by atoms with van der Waals surface area (Å²) in [6.45, 7) is 0. The molecular formula is C9H6ClNO4. The molecule has 1 aromatic carbocycles. The van der Waals surface area contributed by atoms with Crippen molar-refractivity contribution in [2.75, 3.05) is 7.11 Å². The molecule has 0 heterocycles. The van der Waals surface area contributed by atoms with E-state index in [-0.39, 0.29) is 16.8 Å². The van der Waals surface area contributed by atoms with Crippen LogP contribution in [0.4, 0.5) is 5.69 Å². The Morgan fingerprint density at radius 2 is 1.87 bits per heavy atom. The van der Waals surface area contributed by atoms with Gasteiger partial charge in [0.15, 0.2) is 0 Å². The van der Waals surface area contributed by atoms with E-state index in [2.05, 4.69) is 9.91 Å². The molecule has 0 aliphatic carbocycles. The van der Waals surface area contributed by atoms with Gasteiger partial charge < -0.3 is 4.74 Å². The Balaban J connectivity index is 3.28. The highest BCUT2D eigenvalue weighted by atomic mass is 35.5. The van der Waals surface area contributed by atoms with Crippen molar-refractivity contribution in [2.45, 2.75) is 0 Å². The number of nitroso groups, excluding NO2 is 1. The van der Waals surface area contributed by atoms with E-state index in [4.69, 9.17) is 11.6 Å². The van der Waals surface area contributed by atoms with Crippen LogP contribution in [0.2, 0.25) is 0 Å². The zero-order valence-electron chi connectivity index (χ0n) is 7.69. The summed E-state index contributed by atoms with van der Waals surface area (Å²) < 4.78 is 4.43. The minimum atomic E-state index is -0.773. The van der Waals surface area contributed by atoms with Crippen LogP contribution in [-0.4, -0.2) is 18.3 Å². The van der Waals surface area contributed by atoms with Crippen molar-refractivity contribution in [3.8, 4) is 0 Å². The van der Waals surface area contributed by atoms with Crippen molar-refractivity contribution in [1.82, 2.24) is 0 Å². The van der Waals surface area contributed by atoms with Crippen LogP contribution in [-0.2, 0) is 4.74 Å². The number of hydrogen-bond acceptors (Lipinski definition) is 5. The van der Waals surface area contributed by atoms with Crippen molar-refractivity contribution in [3.05, 3.63) is 34.2 Å². The first-order valence-corrected chi connectivity index (χ1v) is 4.23. The van der Waals surface area contributed by atoms with Gasteiger partial charge in [0.05, 0.1) is 12.7 Å². The van der Waals surface area contributed by atoms with Crippen molar-refractivity contribution < 1.29 is 14.3 Å². The number of methoxy groups -OCH3 is 1. The normalized spacial score (nSPS) is 9.47. The highest BCUT2D eigenvalue weighted by molar-refractivity contribution is 6.67. The minimum Gasteiger partial charge on any atom is -0.465 e. The van der Waals surface area contributed by atoms with E-state index in [1.807, 2.05) is 0 Å². The average molecular weight is 228 g/mol. The number of nitrogens with zero attached hydrogens (tertiary/aromatic N) is 1. The molecule has 0 atom stereocenters. The van der Waals surface area contributed by atoms with Crippen LogP contribution >= 0.6 is 11.6 Å². The number of ether oxygens (including phenoxy) is 1. The van der Waals surface area contributed by atoms with Gasteiger partial charge in [0.25, 0.3) is 5.24 Å². The molecule has 0 saturated carbocycles. The monoisotopic (exact) mass is 227 g/mol. The predicted octanol–water partition coefficient (Wildman–Crippen LogP) is 2.25. The second-order valence-electron chi connectivity index (χ2n) is 2.63. The third kappa shape index (κ3) is 2.60. The Bertz CT molecular complexity index is 430. The molecule has 0 N–H and O–H groups in total. The zero-order valence-corrected chi connectivity index (χ0v) is 8.45. The van der Waals surface area contributed by atoms with Gasteiger partial charge in [-0.25, -0.2) is 4.79 Å². The lowest BCUT2D eigenvalue weighted by Gasteiger charge is -2.01. The highest BCUT2D eigenvalue weighted by Gasteiger charge is 2.12. The number of benzene rings is 1. The highest BCUT2D eigenvalue weighted by Crippen LogP contribution is 2.19. The molecule has 6 heteroatoms. The fraction of sp³-hybridized carbons (Fsp3) is 0.111. The van der Waals surface area contributed by atoms with Gasteiger partial charge in [-0.05, 0) is 35.0 Å². The van der Waals surface area contributed by atoms with Crippen LogP contribution in [0.1, 0.15) is 20.7 Å². The van der Waals surface area contributed by atoms with Crippen LogP contribution in [0.5, 0.6) is 0 Å². The van der Waals surface area contributed by atoms with E-state index in [1.165, 1.54) is 25.3 Å². The first-order valence-electron chi connectivity index (χ1n) is 3.85. The molecular weight excluding hydrogens is 222 g/mol. The molecule has 1 aromatic rings. The molecule has 0 radical (unpaired) electrons. The molecule has 0 saturated heterocycles. The predicted molar refractivity (Wildman–Crippen MR) is 53.4 cm³/mol. The second-order valence-corrected chi connectivity index (χ2v) is 2.97. The summed E-state index contributed by atoms with van der Waals surface area (Å²) in [5.41, 5.74) is 0.0228. The topological polar surface area (TPSA) is 72.8 Å². The first kappa shape index (κ1) is 11.3. The lowest BCUT2D eigenvalue weighted by molar-refractivity contribution is 0.0601. The quantitative estimate of drug-likeness (QED) is 0.451. The van der Waals surface area contributed by atoms with Crippen molar-refractivity contribution in [3.63, 3.8) is 0 Å². The van der Waals surface area contributed by atoms with Crippen molar-refractivity contribution >= 4 is 28.5 Å². The maximum Gasteiger partial charge on any atom is 0.337 e. The van der Waals surface area contributed by atoms with Gasteiger partial charge in [-0.2, -0.15) is 0 Å². The van der Waals surface area contributed by atoms with Gasteiger partial charge in [0.2, 0.25) is 0 Å². The van der Waals surface area contributed by atoms with Gasteiger partial charge in [-0.15, -0.1) is 4.91 Å². The molecule has 0 aliphatic rings. The van der Waals surface area contributed by atoms with Crippen LogP contribution < -0.4 is 0 Å². The lowest BCUT2D eigenvalue weighted by atomic mass is 10.1. The lowest BCUT2D eigenvalue weighted by Crippen LogP contribution is -2.02. The molecule has 0 aliphatic heterocycles. The number of carbonyl (C=O) groups is 2. The van der Waals surface area contributed by atoms with Crippen LogP contribution in [0.15, 0.2) is 23.4 Å². The summed E-state index contributed by atoms with van der Waals surface area (Å²) in [6.07, 6.45) is 0. The maximum absolute atomic E-state index is 11.1. The Morgan fingerprint density at radius 3 is 2.33 bits per heavy atom. The maximum atomic E-state index is 11.1. The Labute approximate surface area is 90.0 Å². The number of hydrogen-bond donors (Lipinski definition) is 0. The van der Waals surface area contributed by atoms with E-state index in [9.17, 15) is 14.5 Å². The van der Waals surface area contributed by atoms with Gasteiger partial charge >= 0.3 is 5.97 Å². The van der Waals surface area contributed by atoms with E-state index in [0.717, 1.165) is 0 Å². The van der Waals surface area contributed by atoms with Crippen LogP contribution in [0.3, 0.4) is 0 Å². The smallest absolute Gasteiger partial charge is 0.337 e. The summed E-state index contributed by atoms with van der Waals surface area (Å²) in [5.74, 6) is -0.667. The van der Waals surface area contributed by atoms with E-state index in [1.54, 1.807) is 0 Å². The molecule has 78 valence electrons. The Hall–Kier alpha value is -1.75. The summed E-state index contributed by atoms with van der Waals surface area (Å²) >= 11 is 5.22. The molecule has 0 aromatic heterocycles. The molecule has 0 bridgehead atoms. The molecule has 15 heavy (non-hydrogen) atoms. The van der Waals surface area contributed by atoms with Crippen LogP contribution in [0.25, 0.3) is 0 Å². The van der Waals surface area contributed by atoms with E-state index in [0.29, 0.717) is 0 Å². The molecule has 0 fully saturated rings. The summed E-state index contributed by atoms with van der Waals surface area (Å²) in [4.78, 5) is 32.3. The summed E-state index contributed by atoms with van der Waals surface area (Å²) in [7, 11) is 1.19. The second kappa shape index (κ2) is 4.65. The number of esters is 1. The summed E-state index contributed by atoms with van der Waals surface area (Å²) in [6, 6.07) is 3.63. The fourth-order valence-corrected chi connectivity index (χ4v) is 1.12. The van der Waals surface area contributed by atoms with Crippen molar-refractivity contribution in [1.29, 1.82) is 0 Å². The van der Waals surface area contributed by atoms with E-state index < -0.39 is 11.2 Å². The van der Waals surface area contributed by atoms with Gasteiger partial charge in [-0.3, -0.25) is 4.79 Å². The zero-order chi connectivity index (χ0) is 11.4. The first-order chi connectivity index (χ1) is 7.08. The molecule has 0 spiro atoms. The van der Waals surface area contributed by atoms with Crippen LogP contribution in [0, 0.1) is 4.91 Å². The van der Waals surface area contributed by atoms with E-state index >= 15 is 0 Å². The third-order valence-electron chi connectivity index (χ3n) is 1.67. The van der Waals surface area contributed by atoms with Gasteiger partial charge in [0, 0.05) is 5.56 Å². The summed E-state index contributed by atoms with van der Waals surface area (Å²) in [5, 5.41) is 1.85. The number of rotatable bonds is 3. The molecule has 1 rings (SSSR count). The fourth-order valence-electron chi connectivity index (χ4n) is 1.01. The Morgan fingerprint density at radius 1 is 1.27 bits per heavy atom. The SMILES string of the molecule is COC(=O)c1cc(N=O)cc(C(=O)Cl)c1. The standard InChI is InChI=1S/C9H6ClNO4/c1-15-9(13)6-2-5(8(10)12)3-7(4-6)11-14/h2-4H,1H3.